The fourth-order valence-corrected chi connectivity index (χ4v) is 2.81. The number of nitrogens with two attached hydrogens (primary N) is 2. The van der Waals surface area contributed by atoms with E-state index in [1.807, 2.05) is 6.07 Å². The molecule has 0 aliphatic carbocycles. The van der Waals surface area contributed by atoms with Gasteiger partial charge in [-0.05, 0) is 17.7 Å². The third-order valence-corrected chi connectivity index (χ3v) is 4.14. The monoisotopic (exact) mass is 343 g/mol. The molecule has 1 aromatic heterocycles. The third kappa shape index (κ3) is 3.41. The van der Waals surface area contributed by atoms with E-state index >= 15 is 0 Å². The van der Waals surface area contributed by atoms with Crippen molar-refractivity contribution < 1.29 is 9.23 Å². The fourth-order valence-electron chi connectivity index (χ4n) is 2.81. The molecule has 0 spiro atoms. The number of hydroxylamine groups is 2. The van der Waals surface area contributed by atoms with Crippen molar-refractivity contribution in [2.75, 3.05) is 11.5 Å². The molecule has 0 saturated carbocycles. The van der Waals surface area contributed by atoms with Crippen molar-refractivity contribution in [2.24, 2.45) is 10.4 Å². The molecule has 132 valence electrons. The summed E-state index contributed by atoms with van der Waals surface area (Å²) in [6.07, 6.45) is 2.79. The number of halogens is 1. The van der Waals surface area contributed by atoms with Crippen molar-refractivity contribution >= 4 is 17.9 Å². The maximum atomic E-state index is 14.6. The van der Waals surface area contributed by atoms with Gasteiger partial charge in [0.25, 0.3) is 0 Å². The van der Waals surface area contributed by atoms with Gasteiger partial charge in [0.1, 0.15) is 17.8 Å². The highest BCUT2D eigenvalue weighted by Crippen LogP contribution is 2.32. The van der Waals surface area contributed by atoms with Crippen LogP contribution in [0, 0.1) is 11.2 Å². The van der Waals surface area contributed by atoms with Crippen LogP contribution in [-0.4, -0.2) is 22.6 Å². The van der Waals surface area contributed by atoms with Crippen molar-refractivity contribution in [3.63, 3.8) is 0 Å². The van der Waals surface area contributed by atoms with Crippen LogP contribution in [0.25, 0.3) is 11.1 Å². The first-order chi connectivity index (χ1) is 11.8. The van der Waals surface area contributed by atoms with Crippen molar-refractivity contribution in [1.82, 2.24) is 10.0 Å². The fraction of sp³-hybridized carbons (Fsp3) is 0.333. The number of pyridine rings is 1. The van der Waals surface area contributed by atoms with Gasteiger partial charge in [0.2, 0.25) is 0 Å². The predicted molar refractivity (Wildman–Crippen MR) is 96.8 cm³/mol. The van der Waals surface area contributed by atoms with Crippen LogP contribution in [-0.2, 0) is 11.4 Å². The van der Waals surface area contributed by atoms with Gasteiger partial charge in [-0.25, -0.2) is 14.4 Å². The summed E-state index contributed by atoms with van der Waals surface area (Å²) in [6, 6.07) is 6.70. The van der Waals surface area contributed by atoms with Crippen LogP contribution in [0.3, 0.4) is 0 Å². The second-order valence-corrected chi connectivity index (χ2v) is 7.14. The molecule has 0 saturated heterocycles. The van der Waals surface area contributed by atoms with Gasteiger partial charge in [-0.1, -0.05) is 32.9 Å². The SMILES string of the molecule is CC(C)(C)C1N=CON1Cc1ccc(-c2ccnc(N)c2N)cc1F. The van der Waals surface area contributed by atoms with Gasteiger partial charge < -0.3 is 16.3 Å². The first-order valence-electron chi connectivity index (χ1n) is 8.01. The Morgan fingerprint density at radius 2 is 2.00 bits per heavy atom. The minimum absolute atomic E-state index is 0.119. The van der Waals surface area contributed by atoms with Gasteiger partial charge in [0.05, 0.1) is 12.2 Å². The van der Waals surface area contributed by atoms with Gasteiger partial charge >= 0.3 is 0 Å². The van der Waals surface area contributed by atoms with E-state index < -0.39 is 0 Å². The van der Waals surface area contributed by atoms with Crippen molar-refractivity contribution in [1.29, 1.82) is 0 Å². The summed E-state index contributed by atoms with van der Waals surface area (Å²) in [5.74, 6) is -0.104. The minimum Gasteiger partial charge on any atom is -0.395 e. The Balaban J connectivity index is 1.85. The molecule has 0 amide bonds. The van der Waals surface area contributed by atoms with Crippen molar-refractivity contribution in [3.05, 3.63) is 41.8 Å². The lowest BCUT2D eigenvalue weighted by Crippen LogP contribution is -2.38. The Morgan fingerprint density at radius 1 is 1.24 bits per heavy atom. The van der Waals surface area contributed by atoms with Crippen LogP contribution in [0.2, 0.25) is 0 Å². The van der Waals surface area contributed by atoms with Gasteiger partial charge in [0.15, 0.2) is 6.40 Å². The quantitative estimate of drug-likeness (QED) is 0.893. The number of anilines is 2. The number of hydrogen-bond donors (Lipinski definition) is 2. The summed E-state index contributed by atoms with van der Waals surface area (Å²) in [5.41, 5.74) is 13.7. The standard InChI is InChI=1S/C18H22FN5O/c1-18(2,3)17-23-10-25-24(17)9-12-5-4-11(8-14(12)19)13-6-7-22-16(21)15(13)20/h4-8,10,17H,9,20H2,1-3H3,(H2,21,22). The molecule has 7 heteroatoms. The normalized spacial score (nSPS) is 17.7. The summed E-state index contributed by atoms with van der Waals surface area (Å²) < 4.78 is 14.6. The Labute approximate surface area is 146 Å². The third-order valence-electron chi connectivity index (χ3n) is 4.14. The van der Waals surface area contributed by atoms with Crippen LogP contribution in [0.15, 0.2) is 35.5 Å². The summed E-state index contributed by atoms with van der Waals surface area (Å²) in [5, 5.41) is 1.68. The summed E-state index contributed by atoms with van der Waals surface area (Å²) in [4.78, 5) is 13.7. The number of nitrogen functional groups attached to an aromatic ring is 2. The lowest BCUT2D eigenvalue weighted by Gasteiger charge is -2.30. The first kappa shape index (κ1) is 17.2. The molecular formula is C18H22FN5O. The highest BCUT2D eigenvalue weighted by molar-refractivity contribution is 5.82. The van der Waals surface area contributed by atoms with Crippen LogP contribution >= 0.6 is 0 Å². The summed E-state index contributed by atoms with van der Waals surface area (Å²) in [7, 11) is 0. The first-order valence-corrected chi connectivity index (χ1v) is 8.01. The highest BCUT2D eigenvalue weighted by atomic mass is 19.1. The zero-order chi connectivity index (χ0) is 18.2. The zero-order valence-electron chi connectivity index (χ0n) is 14.5. The Morgan fingerprint density at radius 3 is 2.68 bits per heavy atom. The average Bonchev–Trinajstić information content (AvgIpc) is 3.00. The average molecular weight is 343 g/mol. The molecule has 1 atom stereocenters. The number of benzene rings is 1. The van der Waals surface area contributed by atoms with E-state index in [-0.39, 0.29) is 23.2 Å². The Kier molecular flexibility index (Phi) is 4.34. The van der Waals surface area contributed by atoms with Crippen LogP contribution in [0.5, 0.6) is 0 Å². The van der Waals surface area contributed by atoms with E-state index in [9.17, 15) is 4.39 Å². The molecule has 4 N–H and O–H groups in total. The molecular weight excluding hydrogens is 321 g/mol. The number of hydrogen-bond acceptors (Lipinski definition) is 6. The summed E-state index contributed by atoms with van der Waals surface area (Å²) >= 11 is 0. The largest absolute Gasteiger partial charge is 0.395 e. The van der Waals surface area contributed by atoms with Gasteiger partial charge in [-0.2, -0.15) is 0 Å². The molecule has 1 aliphatic heterocycles. The second-order valence-electron chi connectivity index (χ2n) is 7.14. The van der Waals surface area contributed by atoms with Crippen molar-refractivity contribution in [2.45, 2.75) is 33.5 Å². The van der Waals surface area contributed by atoms with E-state index in [2.05, 4.69) is 30.7 Å². The molecule has 2 aromatic rings. The van der Waals surface area contributed by atoms with E-state index in [4.69, 9.17) is 16.3 Å². The molecule has 0 fully saturated rings. The highest BCUT2D eigenvalue weighted by Gasteiger charge is 2.34. The molecule has 25 heavy (non-hydrogen) atoms. The number of nitrogens with zero attached hydrogens (tertiary/aromatic N) is 3. The van der Waals surface area contributed by atoms with E-state index in [0.717, 1.165) is 0 Å². The van der Waals surface area contributed by atoms with E-state index in [1.165, 1.54) is 12.5 Å². The lowest BCUT2D eigenvalue weighted by molar-refractivity contribution is -0.115. The van der Waals surface area contributed by atoms with Crippen LogP contribution < -0.4 is 11.5 Å². The molecule has 1 aliphatic rings. The van der Waals surface area contributed by atoms with Gasteiger partial charge in [-0.15, -0.1) is 5.06 Å². The van der Waals surface area contributed by atoms with Gasteiger partial charge in [0, 0.05) is 22.7 Å². The number of rotatable bonds is 3. The predicted octanol–water partition coefficient (Wildman–Crippen LogP) is 3.20. The Bertz CT molecular complexity index is 816. The number of aliphatic imine (C=N–C) groups is 1. The van der Waals surface area contributed by atoms with Crippen LogP contribution in [0.1, 0.15) is 26.3 Å². The molecule has 6 nitrogen and oxygen atoms in total. The lowest BCUT2D eigenvalue weighted by atomic mass is 9.92. The van der Waals surface area contributed by atoms with E-state index in [0.29, 0.717) is 28.9 Å². The molecule has 2 heterocycles. The minimum atomic E-state index is -0.338. The number of aromatic nitrogens is 1. The topological polar surface area (TPSA) is 89.8 Å². The maximum Gasteiger partial charge on any atom is 0.198 e. The maximum absolute atomic E-state index is 14.6. The van der Waals surface area contributed by atoms with E-state index in [1.54, 1.807) is 23.4 Å². The molecule has 1 aromatic carbocycles. The molecule has 1 unspecified atom stereocenters. The molecule has 3 rings (SSSR count). The van der Waals surface area contributed by atoms with Crippen molar-refractivity contribution in [3.8, 4) is 11.1 Å². The zero-order valence-corrected chi connectivity index (χ0v) is 14.5. The Hall–Kier alpha value is -2.67. The molecule has 0 bridgehead atoms. The molecule has 0 radical (unpaired) electrons. The van der Waals surface area contributed by atoms with Crippen LogP contribution in [0.4, 0.5) is 15.9 Å². The smallest absolute Gasteiger partial charge is 0.198 e. The second kappa shape index (κ2) is 6.33. The van der Waals surface area contributed by atoms with Gasteiger partial charge in [-0.3, -0.25) is 0 Å². The summed E-state index contributed by atoms with van der Waals surface area (Å²) in [6.45, 7) is 6.48.